The van der Waals surface area contributed by atoms with Crippen molar-refractivity contribution in [1.29, 1.82) is 0 Å². The number of hydrogen-bond donors (Lipinski definition) is 0. The topological polar surface area (TPSA) is 44.8 Å². The van der Waals surface area contributed by atoms with Crippen LogP contribution < -0.4 is 9.47 Å². The second kappa shape index (κ2) is 7.31. The summed E-state index contributed by atoms with van der Waals surface area (Å²) in [6.45, 7) is 0.440. The molecule has 0 atom stereocenters. The fourth-order valence-corrected chi connectivity index (χ4v) is 1.62. The molecule has 0 saturated carbocycles. The van der Waals surface area contributed by atoms with Gasteiger partial charge in [-0.1, -0.05) is 30.3 Å². The molecule has 0 radical (unpaired) electrons. The third kappa shape index (κ3) is 4.40. The van der Waals surface area contributed by atoms with Crippen LogP contribution in [0.15, 0.2) is 54.6 Å². The molecule has 0 bridgehead atoms. The van der Waals surface area contributed by atoms with Crippen LogP contribution in [0.2, 0.25) is 0 Å². The highest BCUT2D eigenvalue weighted by atomic mass is 16.6. The summed E-state index contributed by atoms with van der Waals surface area (Å²) in [5, 5.41) is 0. The molecule has 0 saturated heterocycles. The molecule has 104 valence electrons. The Balaban J connectivity index is 1.87. The third-order valence-electron chi connectivity index (χ3n) is 2.57. The average molecular weight is 272 g/mol. The molecule has 0 fully saturated rings. The van der Waals surface area contributed by atoms with E-state index in [1.807, 2.05) is 30.3 Å². The minimum atomic E-state index is -0.426. The summed E-state index contributed by atoms with van der Waals surface area (Å²) < 4.78 is 15.4. The summed E-state index contributed by atoms with van der Waals surface area (Å²) in [6.07, 6.45) is 0. The summed E-state index contributed by atoms with van der Waals surface area (Å²) in [7, 11) is 1.45. The van der Waals surface area contributed by atoms with Crippen molar-refractivity contribution < 1.29 is 19.0 Å². The van der Waals surface area contributed by atoms with Crippen molar-refractivity contribution in [2.75, 3.05) is 13.7 Å². The predicted octanol–water partition coefficient (Wildman–Crippen LogP) is 2.82. The van der Waals surface area contributed by atoms with Crippen molar-refractivity contribution in [2.24, 2.45) is 0 Å². The Morgan fingerprint density at radius 1 is 0.950 bits per heavy atom. The van der Waals surface area contributed by atoms with Gasteiger partial charge >= 0.3 is 5.97 Å². The van der Waals surface area contributed by atoms with E-state index in [9.17, 15) is 4.79 Å². The van der Waals surface area contributed by atoms with E-state index < -0.39 is 5.97 Å². The second-order valence-electron chi connectivity index (χ2n) is 4.15. The molecule has 0 N–H and O–H groups in total. The number of ether oxygens (including phenoxy) is 3. The summed E-state index contributed by atoms with van der Waals surface area (Å²) in [5.74, 6) is 0.768. The van der Waals surface area contributed by atoms with Gasteiger partial charge in [0.2, 0.25) is 0 Å². The second-order valence-corrected chi connectivity index (χ2v) is 4.15. The molecule has 0 aliphatic heterocycles. The molecular formula is C16H16O4. The van der Waals surface area contributed by atoms with Crippen LogP contribution in [0.4, 0.5) is 0 Å². The molecule has 0 aromatic heterocycles. The minimum Gasteiger partial charge on any atom is -0.489 e. The first-order chi connectivity index (χ1) is 9.78. The minimum absolute atomic E-state index is 0.0632. The molecule has 20 heavy (non-hydrogen) atoms. The number of methoxy groups -OCH3 is 1. The lowest BCUT2D eigenvalue weighted by Crippen LogP contribution is -2.13. The first-order valence-electron chi connectivity index (χ1n) is 6.24. The van der Waals surface area contributed by atoms with Gasteiger partial charge in [0.05, 0.1) is 0 Å². The molecule has 0 aliphatic carbocycles. The van der Waals surface area contributed by atoms with Crippen molar-refractivity contribution in [3.63, 3.8) is 0 Å². The van der Waals surface area contributed by atoms with E-state index in [0.29, 0.717) is 12.4 Å². The molecule has 2 aromatic rings. The molecule has 0 aliphatic rings. The lowest BCUT2D eigenvalue weighted by molar-refractivity contribution is -0.138. The molecule has 2 aromatic carbocycles. The van der Waals surface area contributed by atoms with Crippen LogP contribution in [-0.2, 0) is 16.1 Å². The van der Waals surface area contributed by atoms with Crippen LogP contribution in [0, 0.1) is 0 Å². The number of benzene rings is 2. The Kier molecular flexibility index (Phi) is 5.15. The lowest BCUT2D eigenvalue weighted by Gasteiger charge is -2.07. The molecule has 0 heterocycles. The van der Waals surface area contributed by atoms with Crippen LogP contribution in [0.5, 0.6) is 11.5 Å². The van der Waals surface area contributed by atoms with E-state index in [1.165, 1.54) is 7.11 Å². The SMILES string of the molecule is COCC(=O)Oc1ccc(OCc2ccccc2)cc1. The largest absolute Gasteiger partial charge is 0.489 e. The molecule has 0 unspecified atom stereocenters. The monoisotopic (exact) mass is 272 g/mol. The number of rotatable bonds is 6. The molecule has 2 rings (SSSR count). The predicted molar refractivity (Wildman–Crippen MR) is 74.7 cm³/mol. The number of carbonyl (C=O) groups excluding carboxylic acids is 1. The number of esters is 1. The first kappa shape index (κ1) is 14.1. The van der Waals surface area contributed by atoms with E-state index in [4.69, 9.17) is 9.47 Å². The molecular weight excluding hydrogens is 256 g/mol. The summed E-state index contributed by atoms with van der Waals surface area (Å²) in [5.41, 5.74) is 1.10. The van der Waals surface area contributed by atoms with Gasteiger partial charge in [-0.15, -0.1) is 0 Å². The van der Waals surface area contributed by atoms with Crippen LogP contribution in [0.25, 0.3) is 0 Å². The number of carbonyl (C=O) groups is 1. The normalized spacial score (nSPS) is 10.1. The highest BCUT2D eigenvalue weighted by molar-refractivity contribution is 5.73. The maximum absolute atomic E-state index is 11.2. The molecule has 0 amide bonds. The zero-order valence-corrected chi connectivity index (χ0v) is 11.2. The Hall–Kier alpha value is -2.33. The van der Waals surface area contributed by atoms with Gasteiger partial charge in [0.25, 0.3) is 0 Å². The molecule has 4 heteroatoms. The van der Waals surface area contributed by atoms with E-state index in [-0.39, 0.29) is 6.61 Å². The Morgan fingerprint density at radius 2 is 1.60 bits per heavy atom. The highest BCUT2D eigenvalue weighted by Gasteiger charge is 2.04. The van der Waals surface area contributed by atoms with E-state index >= 15 is 0 Å². The maximum Gasteiger partial charge on any atom is 0.337 e. The average Bonchev–Trinajstić information content (AvgIpc) is 2.48. The van der Waals surface area contributed by atoms with Crippen LogP contribution >= 0.6 is 0 Å². The number of hydrogen-bond acceptors (Lipinski definition) is 4. The summed E-state index contributed by atoms with van der Waals surface area (Å²) >= 11 is 0. The van der Waals surface area contributed by atoms with E-state index in [2.05, 4.69) is 4.74 Å². The van der Waals surface area contributed by atoms with Crippen molar-refractivity contribution in [3.8, 4) is 11.5 Å². The standard InChI is InChI=1S/C16H16O4/c1-18-12-16(17)20-15-9-7-14(8-10-15)19-11-13-5-3-2-4-6-13/h2-10H,11-12H2,1H3. The van der Waals surface area contributed by atoms with Gasteiger partial charge in [-0.2, -0.15) is 0 Å². The summed E-state index contributed by atoms with van der Waals surface area (Å²) in [6, 6.07) is 16.8. The van der Waals surface area contributed by atoms with Gasteiger partial charge < -0.3 is 14.2 Å². The van der Waals surface area contributed by atoms with Crippen LogP contribution in [0.3, 0.4) is 0 Å². The van der Waals surface area contributed by atoms with Gasteiger partial charge in [0.1, 0.15) is 24.7 Å². The molecule has 4 nitrogen and oxygen atoms in total. The quantitative estimate of drug-likeness (QED) is 0.599. The zero-order chi connectivity index (χ0) is 14.2. The van der Waals surface area contributed by atoms with Gasteiger partial charge in [0.15, 0.2) is 0 Å². The van der Waals surface area contributed by atoms with Gasteiger partial charge in [-0.25, -0.2) is 4.79 Å². The van der Waals surface area contributed by atoms with Crippen molar-refractivity contribution in [2.45, 2.75) is 6.61 Å². The Labute approximate surface area is 117 Å². The van der Waals surface area contributed by atoms with E-state index in [1.54, 1.807) is 24.3 Å². The van der Waals surface area contributed by atoms with E-state index in [0.717, 1.165) is 11.3 Å². The zero-order valence-electron chi connectivity index (χ0n) is 11.2. The molecule has 0 spiro atoms. The smallest absolute Gasteiger partial charge is 0.337 e. The lowest BCUT2D eigenvalue weighted by atomic mass is 10.2. The Bertz CT molecular complexity index is 534. The summed E-state index contributed by atoms with van der Waals surface area (Å²) in [4.78, 5) is 11.2. The first-order valence-corrected chi connectivity index (χ1v) is 6.24. The maximum atomic E-state index is 11.2. The Morgan fingerprint density at radius 3 is 2.25 bits per heavy atom. The van der Waals surface area contributed by atoms with Gasteiger partial charge in [0, 0.05) is 7.11 Å². The van der Waals surface area contributed by atoms with Crippen molar-refractivity contribution >= 4 is 5.97 Å². The van der Waals surface area contributed by atoms with Crippen LogP contribution in [-0.4, -0.2) is 19.7 Å². The van der Waals surface area contributed by atoms with Crippen molar-refractivity contribution in [1.82, 2.24) is 0 Å². The fraction of sp³-hybridized carbons (Fsp3) is 0.188. The van der Waals surface area contributed by atoms with Gasteiger partial charge in [-0.3, -0.25) is 0 Å². The van der Waals surface area contributed by atoms with Crippen LogP contribution in [0.1, 0.15) is 5.56 Å². The van der Waals surface area contributed by atoms with Gasteiger partial charge in [-0.05, 0) is 29.8 Å². The highest BCUT2D eigenvalue weighted by Crippen LogP contribution is 2.18. The fourth-order valence-electron chi connectivity index (χ4n) is 1.62. The third-order valence-corrected chi connectivity index (χ3v) is 2.57. The van der Waals surface area contributed by atoms with Crippen molar-refractivity contribution in [3.05, 3.63) is 60.2 Å².